The Kier molecular flexibility index (Phi) is 3.41. The van der Waals surface area contributed by atoms with E-state index in [1.807, 2.05) is 0 Å². The summed E-state index contributed by atoms with van der Waals surface area (Å²) in [5, 5.41) is 20.7. The fourth-order valence-corrected chi connectivity index (χ4v) is 3.25. The normalized spacial score (nSPS) is 11.5. The summed E-state index contributed by atoms with van der Waals surface area (Å²) >= 11 is 0. The van der Waals surface area contributed by atoms with Crippen LogP contribution in [0, 0.1) is 10.1 Å². The van der Waals surface area contributed by atoms with E-state index in [0.29, 0.717) is 10.9 Å². The summed E-state index contributed by atoms with van der Waals surface area (Å²) in [5.41, 5.74) is 0.511. The Hall–Kier alpha value is -3.07. The first-order valence-corrected chi connectivity index (χ1v) is 7.93. The second-order valence-electron chi connectivity index (χ2n) is 4.78. The van der Waals surface area contributed by atoms with Crippen molar-refractivity contribution in [2.45, 2.75) is 4.90 Å². The van der Waals surface area contributed by atoms with Crippen LogP contribution in [0.15, 0.2) is 53.4 Å². The first-order valence-electron chi connectivity index (χ1n) is 6.45. The third kappa shape index (κ3) is 2.81. The first-order chi connectivity index (χ1) is 10.9. The number of aromatic hydroxyl groups is 1. The van der Waals surface area contributed by atoms with Gasteiger partial charge in [0.15, 0.2) is 5.88 Å². The minimum atomic E-state index is -3.91. The van der Waals surface area contributed by atoms with Crippen molar-refractivity contribution in [3.05, 3.63) is 58.6 Å². The average Bonchev–Trinajstić information content (AvgIpc) is 2.88. The molecule has 0 atom stereocenters. The van der Waals surface area contributed by atoms with Gasteiger partial charge in [0, 0.05) is 23.6 Å². The highest BCUT2D eigenvalue weighted by molar-refractivity contribution is 7.92. The average molecular weight is 333 g/mol. The van der Waals surface area contributed by atoms with E-state index in [1.165, 1.54) is 6.07 Å². The largest absolute Gasteiger partial charge is 0.495 e. The zero-order chi connectivity index (χ0) is 16.6. The molecule has 3 aromatic rings. The number of nitro groups is 1. The molecule has 0 radical (unpaired) electrons. The summed E-state index contributed by atoms with van der Waals surface area (Å²) in [4.78, 5) is 12.6. The van der Waals surface area contributed by atoms with Crippen LogP contribution in [0.2, 0.25) is 0 Å². The molecular formula is C14H11N3O5S. The van der Waals surface area contributed by atoms with Crippen molar-refractivity contribution in [2.24, 2.45) is 0 Å². The Morgan fingerprint density at radius 2 is 1.83 bits per heavy atom. The smallest absolute Gasteiger partial charge is 0.269 e. The van der Waals surface area contributed by atoms with E-state index in [0.717, 1.165) is 24.3 Å². The van der Waals surface area contributed by atoms with Crippen LogP contribution in [-0.4, -0.2) is 23.4 Å². The van der Waals surface area contributed by atoms with Crippen LogP contribution in [0.4, 0.5) is 11.4 Å². The lowest BCUT2D eigenvalue weighted by atomic mass is 10.2. The predicted octanol–water partition coefficient (Wildman–Crippen LogP) is 2.58. The minimum Gasteiger partial charge on any atom is -0.495 e. The number of nitrogens with zero attached hydrogens (tertiary/aromatic N) is 1. The summed E-state index contributed by atoms with van der Waals surface area (Å²) in [6.07, 6.45) is 0. The fraction of sp³-hybridized carbons (Fsp3) is 0. The molecule has 0 fully saturated rings. The molecule has 0 saturated heterocycles. The van der Waals surface area contributed by atoms with Gasteiger partial charge in [-0.05, 0) is 18.2 Å². The zero-order valence-corrected chi connectivity index (χ0v) is 12.4. The van der Waals surface area contributed by atoms with Crippen molar-refractivity contribution in [1.29, 1.82) is 0 Å². The Morgan fingerprint density at radius 3 is 2.48 bits per heavy atom. The number of H-pyrrole nitrogens is 1. The van der Waals surface area contributed by atoms with Gasteiger partial charge in [-0.3, -0.25) is 14.8 Å². The number of nitrogens with one attached hydrogen (secondary N) is 2. The number of para-hydroxylation sites is 1. The minimum absolute atomic E-state index is 0.0815. The van der Waals surface area contributed by atoms with E-state index in [-0.39, 0.29) is 22.2 Å². The summed E-state index contributed by atoms with van der Waals surface area (Å²) in [6, 6.07) is 10.9. The van der Waals surface area contributed by atoms with Gasteiger partial charge in [0.2, 0.25) is 0 Å². The molecule has 118 valence electrons. The third-order valence-electron chi connectivity index (χ3n) is 3.24. The highest BCUT2D eigenvalue weighted by Gasteiger charge is 2.17. The van der Waals surface area contributed by atoms with Gasteiger partial charge >= 0.3 is 0 Å². The number of non-ortho nitro benzene ring substituents is 1. The number of rotatable bonds is 4. The number of sulfonamides is 1. The maximum absolute atomic E-state index is 12.4. The van der Waals surface area contributed by atoms with Crippen molar-refractivity contribution in [1.82, 2.24) is 4.98 Å². The Balaban J connectivity index is 1.98. The van der Waals surface area contributed by atoms with Crippen LogP contribution < -0.4 is 4.72 Å². The number of fused-ring (bicyclic) bond motifs is 1. The van der Waals surface area contributed by atoms with E-state index in [1.54, 1.807) is 18.2 Å². The van der Waals surface area contributed by atoms with Gasteiger partial charge in [-0.2, -0.15) is 0 Å². The van der Waals surface area contributed by atoms with E-state index >= 15 is 0 Å². The lowest BCUT2D eigenvalue weighted by Gasteiger charge is -2.09. The molecule has 3 N–H and O–H groups in total. The SMILES string of the molecule is O=[N+]([O-])c1ccc(S(=O)(=O)Nc2cccc3cc(O)[nH]c23)cc1. The summed E-state index contributed by atoms with van der Waals surface area (Å²) < 4.78 is 27.2. The number of aromatic nitrogens is 1. The molecule has 0 amide bonds. The molecule has 0 saturated carbocycles. The molecule has 0 aliphatic heterocycles. The number of hydrogen-bond donors (Lipinski definition) is 3. The van der Waals surface area contributed by atoms with Crippen LogP contribution in [-0.2, 0) is 10.0 Å². The number of benzene rings is 2. The van der Waals surface area contributed by atoms with Crippen molar-refractivity contribution < 1.29 is 18.4 Å². The van der Waals surface area contributed by atoms with Gasteiger partial charge in [0.1, 0.15) is 0 Å². The molecule has 9 heteroatoms. The molecule has 8 nitrogen and oxygen atoms in total. The third-order valence-corrected chi connectivity index (χ3v) is 4.63. The quantitative estimate of drug-likeness (QED) is 0.500. The Morgan fingerprint density at radius 1 is 1.13 bits per heavy atom. The molecule has 0 aliphatic carbocycles. The van der Waals surface area contributed by atoms with E-state index in [4.69, 9.17) is 0 Å². The van der Waals surface area contributed by atoms with E-state index < -0.39 is 14.9 Å². The first kappa shape index (κ1) is 14.9. The topological polar surface area (TPSA) is 125 Å². The lowest BCUT2D eigenvalue weighted by molar-refractivity contribution is -0.384. The van der Waals surface area contributed by atoms with Crippen molar-refractivity contribution in [3.63, 3.8) is 0 Å². The molecule has 0 spiro atoms. The number of nitro benzene ring substituents is 1. The van der Waals surface area contributed by atoms with Gasteiger partial charge in [0.25, 0.3) is 15.7 Å². The maximum Gasteiger partial charge on any atom is 0.269 e. The van der Waals surface area contributed by atoms with Crippen LogP contribution in [0.1, 0.15) is 0 Å². The fourth-order valence-electron chi connectivity index (χ4n) is 2.18. The lowest BCUT2D eigenvalue weighted by Crippen LogP contribution is -2.13. The van der Waals surface area contributed by atoms with Crippen LogP contribution in [0.5, 0.6) is 5.88 Å². The number of aromatic amines is 1. The molecule has 2 aromatic carbocycles. The molecule has 0 aliphatic rings. The Bertz CT molecular complexity index is 993. The number of hydrogen-bond acceptors (Lipinski definition) is 5. The zero-order valence-electron chi connectivity index (χ0n) is 11.6. The van der Waals surface area contributed by atoms with Crippen molar-refractivity contribution >= 4 is 32.3 Å². The molecule has 23 heavy (non-hydrogen) atoms. The second kappa shape index (κ2) is 5.29. The maximum atomic E-state index is 12.4. The van der Waals surface area contributed by atoms with Crippen LogP contribution in [0.25, 0.3) is 10.9 Å². The van der Waals surface area contributed by atoms with Crippen molar-refractivity contribution in [3.8, 4) is 5.88 Å². The van der Waals surface area contributed by atoms with E-state index in [2.05, 4.69) is 9.71 Å². The Labute approximate surface area is 130 Å². The van der Waals surface area contributed by atoms with Gasteiger partial charge in [-0.25, -0.2) is 8.42 Å². The molecular weight excluding hydrogens is 322 g/mol. The van der Waals surface area contributed by atoms with Gasteiger partial charge in [-0.15, -0.1) is 0 Å². The molecule has 0 bridgehead atoms. The predicted molar refractivity (Wildman–Crippen MR) is 83.9 cm³/mol. The van der Waals surface area contributed by atoms with Gasteiger partial charge in [0.05, 0.1) is 21.0 Å². The molecule has 3 rings (SSSR count). The summed E-state index contributed by atoms with van der Waals surface area (Å²) in [6.45, 7) is 0. The number of anilines is 1. The molecule has 1 heterocycles. The molecule has 1 aromatic heterocycles. The molecule has 0 unspecified atom stereocenters. The standard InChI is InChI=1S/C14H11N3O5S/c18-13-8-9-2-1-3-12(14(9)15-13)16-23(21,22)11-6-4-10(5-7-11)17(19)20/h1-8,15-16,18H. The highest BCUT2D eigenvalue weighted by atomic mass is 32.2. The summed E-state index contributed by atoms with van der Waals surface area (Å²) in [5.74, 6) is -0.0815. The van der Waals surface area contributed by atoms with Crippen LogP contribution in [0.3, 0.4) is 0 Å². The second-order valence-corrected chi connectivity index (χ2v) is 6.46. The van der Waals surface area contributed by atoms with Gasteiger partial charge in [-0.1, -0.05) is 12.1 Å². The van der Waals surface area contributed by atoms with Gasteiger partial charge < -0.3 is 10.1 Å². The monoisotopic (exact) mass is 333 g/mol. The van der Waals surface area contributed by atoms with E-state index in [9.17, 15) is 23.6 Å². The highest BCUT2D eigenvalue weighted by Crippen LogP contribution is 2.28. The van der Waals surface area contributed by atoms with Crippen LogP contribution >= 0.6 is 0 Å². The van der Waals surface area contributed by atoms with Crippen molar-refractivity contribution in [2.75, 3.05) is 4.72 Å². The summed E-state index contributed by atoms with van der Waals surface area (Å²) in [7, 11) is -3.91.